The van der Waals surface area contributed by atoms with Crippen LogP contribution in [-0.2, 0) is 11.2 Å². The molecule has 0 saturated heterocycles. The summed E-state index contributed by atoms with van der Waals surface area (Å²) in [5.41, 5.74) is 0. The first-order chi connectivity index (χ1) is 9.63. The maximum absolute atomic E-state index is 11.5. The normalized spacial score (nSPS) is 11.8. The molecule has 1 aromatic rings. The van der Waals surface area contributed by atoms with Gasteiger partial charge in [-0.3, -0.25) is 9.89 Å². The van der Waals surface area contributed by atoms with Crippen LogP contribution in [0.5, 0.6) is 0 Å². The van der Waals surface area contributed by atoms with Crippen LogP contribution < -0.4 is 10.6 Å². The van der Waals surface area contributed by atoms with E-state index in [1.165, 1.54) is 6.33 Å². The number of rotatable bonds is 9. The van der Waals surface area contributed by atoms with Gasteiger partial charge in [0.15, 0.2) is 0 Å². The second kappa shape index (κ2) is 8.89. The molecule has 0 saturated carbocycles. The number of H-pyrrole nitrogens is 1. The lowest BCUT2D eigenvalue weighted by Gasteiger charge is -2.12. The zero-order valence-corrected chi connectivity index (χ0v) is 11.6. The van der Waals surface area contributed by atoms with Crippen LogP contribution in [0.3, 0.4) is 0 Å². The van der Waals surface area contributed by atoms with Crippen molar-refractivity contribution in [2.75, 3.05) is 13.1 Å². The molecule has 8 heteroatoms. The van der Waals surface area contributed by atoms with Gasteiger partial charge >= 0.3 is 12.0 Å². The summed E-state index contributed by atoms with van der Waals surface area (Å²) in [5.74, 6) is -0.626. The number of nitrogens with one attached hydrogen (secondary N) is 3. The van der Waals surface area contributed by atoms with E-state index in [1.807, 2.05) is 6.92 Å². The molecule has 0 spiro atoms. The Labute approximate surface area is 117 Å². The van der Waals surface area contributed by atoms with Crippen LogP contribution in [0.2, 0.25) is 0 Å². The third kappa shape index (κ3) is 6.17. The van der Waals surface area contributed by atoms with E-state index < -0.39 is 11.9 Å². The van der Waals surface area contributed by atoms with Gasteiger partial charge in [0.05, 0.1) is 5.92 Å². The summed E-state index contributed by atoms with van der Waals surface area (Å²) >= 11 is 0. The molecule has 1 rings (SSSR count). The summed E-state index contributed by atoms with van der Waals surface area (Å²) in [5, 5.41) is 20.7. The molecular formula is C12H21N5O3. The van der Waals surface area contributed by atoms with Crippen molar-refractivity contribution in [2.45, 2.75) is 32.6 Å². The first kappa shape index (κ1) is 15.9. The van der Waals surface area contributed by atoms with Crippen LogP contribution in [0.25, 0.3) is 0 Å². The standard InChI is InChI=1S/C12H21N5O3/c1-2-4-9(11(18)19)7-14-12(20)13-6-3-5-10-15-8-16-17-10/h8-9H,2-7H2,1H3,(H,18,19)(H2,13,14,20)(H,15,16,17). The minimum atomic E-state index is -0.877. The van der Waals surface area contributed by atoms with Gasteiger partial charge in [0.25, 0.3) is 0 Å². The van der Waals surface area contributed by atoms with Gasteiger partial charge in [-0.05, 0) is 12.8 Å². The molecule has 112 valence electrons. The molecule has 1 unspecified atom stereocenters. The van der Waals surface area contributed by atoms with E-state index in [9.17, 15) is 9.59 Å². The number of hydrogen-bond donors (Lipinski definition) is 4. The van der Waals surface area contributed by atoms with Crippen molar-refractivity contribution in [3.63, 3.8) is 0 Å². The highest BCUT2D eigenvalue weighted by molar-refractivity contribution is 5.75. The number of carboxylic acids is 1. The van der Waals surface area contributed by atoms with E-state index in [2.05, 4.69) is 25.8 Å². The fraction of sp³-hybridized carbons (Fsp3) is 0.667. The summed E-state index contributed by atoms with van der Waals surface area (Å²) in [6.07, 6.45) is 4.21. The van der Waals surface area contributed by atoms with E-state index in [0.29, 0.717) is 19.4 Å². The van der Waals surface area contributed by atoms with Gasteiger partial charge in [0.1, 0.15) is 12.2 Å². The van der Waals surface area contributed by atoms with E-state index in [1.54, 1.807) is 0 Å². The Kier molecular flexibility index (Phi) is 7.08. The summed E-state index contributed by atoms with van der Waals surface area (Å²) in [4.78, 5) is 26.4. The predicted octanol–water partition coefficient (Wildman–Crippen LogP) is 0.537. The molecule has 4 N–H and O–H groups in total. The third-order valence-electron chi connectivity index (χ3n) is 2.84. The zero-order chi connectivity index (χ0) is 14.8. The second-order valence-corrected chi connectivity index (χ2v) is 4.50. The average Bonchev–Trinajstić information content (AvgIpc) is 2.92. The first-order valence-electron chi connectivity index (χ1n) is 6.72. The third-order valence-corrected chi connectivity index (χ3v) is 2.84. The Balaban J connectivity index is 2.11. The maximum Gasteiger partial charge on any atom is 0.314 e. The van der Waals surface area contributed by atoms with Crippen molar-refractivity contribution in [1.29, 1.82) is 0 Å². The van der Waals surface area contributed by atoms with Crippen molar-refractivity contribution < 1.29 is 14.7 Å². The largest absolute Gasteiger partial charge is 0.481 e. The Morgan fingerprint density at radius 2 is 2.25 bits per heavy atom. The zero-order valence-electron chi connectivity index (χ0n) is 11.6. The molecular weight excluding hydrogens is 262 g/mol. The van der Waals surface area contributed by atoms with Crippen molar-refractivity contribution in [3.05, 3.63) is 12.2 Å². The second-order valence-electron chi connectivity index (χ2n) is 4.50. The van der Waals surface area contributed by atoms with Crippen LogP contribution in [0, 0.1) is 5.92 Å². The summed E-state index contributed by atoms with van der Waals surface area (Å²) in [7, 11) is 0. The van der Waals surface area contributed by atoms with Crippen molar-refractivity contribution in [3.8, 4) is 0 Å². The monoisotopic (exact) mass is 283 g/mol. The molecule has 20 heavy (non-hydrogen) atoms. The molecule has 1 aromatic heterocycles. The highest BCUT2D eigenvalue weighted by atomic mass is 16.4. The lowest BCUT2D eigenvalue weighted by molar-refractivity contribution is -0.141. The van der Waals surface area contributed by atoms with Crippen LogP contribution >= 0.6 is 0 Å². The fourth-order valence-corrected chi connectivity index (χ4v) is 1.75. The van der Waals surface area contributed by atoms with Crippen molar-refractivity contribution in [2.24, 2.45) is 5.92 Å². The van der Waals surface area contributed by atoms with Gasteiger partial charge < -0.3 is 15.7 Å². The highest BCUT2D eigenvalue weighted by Crippen LogP contribution is 2.04. The van der Waals surface area contributed by atoms with E-state index in [-0.39, 0.29) is 12.6 Å². The van der Waals surface area contributed by atoms with Crippen molar-refractivity contribution in [1.82, 2.24) is 25.8 Å². The summed E-state index contributed by atoms with van der Waals surface area (Å²) in [6, 6.07) is -0.343. The van der Waals surface area contributed by atoms with Crippen LogP contribution in [0.15, 0.2) is 6.33 Å². The molecule has 0 aliphatic carbocycles. The molecule has 0 aliphatic rings. The number of nitrogens with zero attached hydrogens (tertiary/aromatic N) is 2. The number of aryl methyl sites for hydroxylation is 1. The molecule has 1 atom stereocenters. The quantitative estimate of drug-likeness (QED) is 0.493. The number of amides is 2. The number of aromatic nitrogens is 3. The lowest BCUT2D eigenvalue weighted by atomic mass is 10.0. The number of hydrogen-bond acceptors (Lipinski definition) is 4. The molecule has 0 aliphatic heterocycles. The van der Waals surface area contributed by atoms with E-state index in [0.717, 1.165) is 18.7 Å². The predicted molar refractivity (Wildman–Crippen MR) is 72.1 cm³/mol. The van der Waals surface area contributed by atoms with Crippen LogP contribution in [-0.4, -0.2) is 45.4 Å². The smallest absolute Gasteiger partial charge is 0.314 e. The van der Waals surface area contributed by atoms with Gasteiger partial charge in [-0.15, -0.1) is 0 Å². The average molecular weight is 283 g/mol. The van der Waals surface area contributed by atoms with Gasteiger partial charge in [-0.25, -0.2) is 9.78 Å². The van der Waals surface area contributed by atoms with Gasteiger partial charge in [0.2, 0.25) is 0 Å². The number of urea groups is 1. The minimum absolute atomic E-state index is 0.150. The van der Waals surface area contributed by atoms with Crippen LogP contribution in [0.1, 0.15) is 32.0 Å². The van der Waals surface area contributed by atoms with Crippen molar-refractivity contribution >= 4 is 12.0 Å². The van der Waals surface area contributed by atoms with Gasteiger partial charge in [-0.2, -0.15) is 5.10 Å². The number of aliphatic carboxylic acids is 1. The molecule has 0 radical (unpaired) electrons. The molecule has 8 nitrogen and oxygen atoms in total. The summed E-state index contributed by atoms with van der Waals surface area (Å²) < 4.78 is 0. The molecule has 0 aromatic carbocycles. The molecule has 1 heterocycles. The fourth-order valence-electron chi connectivity index (χ4n) is 1.75. The van der Waals surface area contributed by atoms with E-state index in [4.69, 9.17) is 5.11 Å². The van der Waals surface area contributed by atoms with E-state index >= 15 is 0 Å². The Morgan fingerprint density at radius 3 is 2.85 bits per heavy atom. The van der Waals surface area contributed by atoms with Crippen LogP contribution in [0.4, 0.5) is 4.79 Å². The molecule has 0 fully saturated rings. The minimum Gasteiger partial charge on any atom is -0.481 e. The maximum atomic E-state index is 11.5. The SMILES string of the molecule is CCCC(CNC(=O)NCCCc1ncn[nH]1)C(=O)O. The number of carbonyl (C=O) groups excluding carboxylic acids is 1. The Bertz CT molecular complexity index is 407. The number of carboxylic acid groups (broad SMARTS) is 1. The molecule has 0 bridgehead atoms. The summed E-state index contributed by atoms with van der Waals surface area (Å²) in [6.45, 7) is 2.56. The van der Waals surface area contributed by atoms with Gasteiger partial charge in [0, 0.05) is 19.5 Å². The molecule has 2 amide bonds. The topological polar surface area (TPSA) is 120 Å². The number of carbonyl (C=O) groups is 2. The Hall–Kier alpha value is -2.12. The Morgan fingerprint density at radius 1 is 1.45 bits per heavy atom. The number of aromatic amines is 1. The first-order valence-corrected chi connectivity index (χ1v) is 6.72. The lowest BCUT2D eigenvalue weighted by Crippen LogP contribution is -2.40. The highest BCUT2D eigenvalue weighted by Gasteiger charge is 2.16. The van der Waals surface area contributed by atoms with Gasteiger partial charge in [-0.1, -0.05) is 13.3 Å².